The van der Waals surface area contributed by atoms with Crippen molar-refractivity contribution in [3.05, 3.63) is 53.7 Å². The lowest BCUT2D eigenvalue weighted by Gasteiger charge is -2.34. The Morgan fingerprint density at radius 2 is 1.89 bits per heavy atom. The highest BCUT2D eigenvalue weighted by atomic mass is 16.5. The van der Waals surface area contributed by atoms with Gasteiger partial charge in [0.2, 0.25) is 5.88 Å². The van der Waals surface area contributed by atoms with Crippen molar-refractivity contribution >= 4 is 5.91 Å². The molecule has 1 aromatic heterocycles. The minimum Gasteiger partial charge on any atom is -0.439 e. The van der Waals surface area contributed by atoms with E-state index in [4.69, 9.17) is 4.74 Å². The van der Waals surface area contributed by atoms with Crippen LogP contribution in [0.5, 0.6) is 11.6 Å². The second-order valence-corrected chi connectivity index (χ2v) is 8.31. The van der Waals surface area contributed by atoms with Crippen molar-refractivity contribution in [3.63, 3.8) is 0 Å². The lowest BCUT2D eigenvalue weighted by molar-refractivity contribution is 0.0827. The molecule has 0 N–H and O–H groups in total. The van der Waals surface area contributed by atoms with E-state index < -0.39 is 0 Å². The van der Waals surface area contributed by atoms with Gasteiger partial charge >= 0.3 is 0 Å². The Morgan fingerprint density at radius 1 is 1.14 bits per heavy atom. The van der Waals surface area contributed by atoms with Gasteiger partial charge in [-0.3, -0.25) is 4.79 Å². The number of hydrogen-bond acceptors (Lipinski definition) is 3. The third-order valence-corrected chi connectivity index (χ3v) is 5.92. The largest absolute Gasteiger partial charge is 0.439 e. The van der Waals surface area contributed by atoms with Crippen LogP contribution in [0.2, 0.25) is 0 Å². The third-order valence-electron chi connectivity index (χ3n) is 5.92. The molecule has 1 amide bonds. The Labute approximate surface area is 168 Å². The normalized spacial score (nSPS) is 21.9. The molecule has 0 bridgehead atoms. The summed E-state index contributed by atoms with van der Waals surface area (Å²) in [5.41, 5.74) is 1.97. The van der Waals surface area contributed by atoms with Crippen molar-refractivity contribution in [3.8, 4) is 11.6 Å². The maximum Gasteiger partial charge on any atom is 0.254 e. The van der Waals surface area contributed by atoms with Crippen LogP contribution < -0.4 is 4.74 Å². The van der Waals surface area contributed by atoms with Gasteiger partial charge in [-0.15, -0.1) is 0 Å². The van der Waals surface area contributed by atoms with E-state index in [1.54, 1.807) is 32.4 Å². The first-order chi connectivity index (χ1) is 13.5. The summed E-state index contributed by atoms with van der Waals surface area (Å²) in [6.45, 7) is 4.67. The first kappa shape index (κ1) is 20.4. The number of aromatic nitrogens is 1. The van der Waals surface area contributed by atoms with Crippen LogP contribution in [0.25, 0.3) is 0 Å². The van der Waals surface area contributed by atoms with E-state index in [0.29, 0.717) is 17.4 Å². The molecular weight excluding hydrogens is 348 g/mol. The zero-order chi connectivity index (χ0) is 20.1. The molecule has 28 heavy (non-hydrogen) atoms. The summed E-state index contributed by atoms with van der Waals surface area (Å²) in [7, 11) is 3.46. The van der Waals surface area contributed by atoms with Crippen molar-refractivity contribution in [1.29, 1.82) is 0 Å². The summed E-state index contributed by atoms with van der Waals surface area (Å²) < 4.78 is 5.87. The van der Waals surface area contributed by atoms with Gasteiger partial charge in [-0.1, -0.05) is 45.2 Å². The Balaban J connectivity index is 1.65. The number of amides is 1. The smallest absolute Gasteiger partial charge is 0.254 e. The van der Waals surface area contributed by atoms with Gasteiger partial charge in [0.25, 0.3) is 5.91 Å². The summed E-state index contributed by atoms with van der Waals surface area (Å²) in [6, 6.07) is 12.0. The molecular formula is C24H32N2O2. The molecule has 0 aliphatic heterocycles. The average Bonchev–Trinajstić information content (AvgIpc) is 2.70. The van der Waals surface area contributed by atoms with Gasteiger partial charge < -0.3 is 9.64 Å². The highest BCUT2D eigenvalue weighted by Crippen LogP contribution is 2.42. The molecule has 4 heteroatoms. The van der Waals surface area contributed by atoms with Crippen LogP contribution in [-0.4, -0.2) is 29.9 Å². The monoisotopic (exact) mass is 380 g/mol. The van der Waals surface area contributed by atoms with Crippen molar-refractivity contribution in [2.75, 3.05) is 14.1 Å². The second kappa shape index (κ2) is 9.22. The lowest BCUT2D eigenvalue weighted by Crippen LogP contribution is -2.21. The van der Waals surface area contributed by atoms with Crippen molar-refractivity contribution in [2.45, 2.75) is 51.9 Å². The average molecular weight is 381 g/mol. The molecule has 0 radical (unpaired) electrons. The zero-order valence-electron chi connectivity index (χ0n) is 17.5. The predicted octanol–water partition coefficient (Wildman–Crippen LogP) is 5.90. The molecule has 0 spiro atoms. The summed E-state index contributed by atoms with van der Waals surface area (Å²) >= 11 is 0. The van der Waals surface area contributed by atoms with Gasteiger partial charge in [-0.25, -0.2) is 4.98 Å². The highest BCUT2D eigenvalue weighted by molar-refractivity contribution is 5.93. The molecule has 0 saturated heterocycles. The molecule has 1 fully saturated rings. The van der Waals surface area contributed by atoms with Gasteiger partial charge in [0.1, 0.15) is 5.75 Å². The Hall–Kier alpha value is -2.36. The standard InChI is InChI=1S/C24H32N2O2/c1-5-6-18-8-7-17(2)22(15-18)19-9-12-21(13-10-19)28-23-14-11-20(16-25-23)24(27)26(3)4/h9-14,16-18,22H,5-8,15H2,1-4H3. The summed E-state index contributed by atoms with van der Waals surface area (Å²) in [5.74, 6) is 3.46. The molecule has 3 rings (SSSR count). The fraction of sp³-hybridized carbons (Fsp3) is 0.500. The molecule has 2 aromatic rings. The number of nitrogens with zero attached hydrogens (tertiary/aromatic N) is 2. The first-order valence-corrected chi connectivity index (χ1v) is 10.4. The van der Waals surface area contributed by atoms with Gasteiger partial charge in [0.15, 0.2) is 0 Å². The number of ether oxygens (including phenoxy) is 1. The number of rotatable bonds is 6. The minimum absolute atomic E-state index is 0.0635. The minimum atomic E-state index is -0.0635. The van der Waals surface area contributed by atoms with E-state index in [1.807, 2.05) is 12.1 Å². The van der Waals surface area contributed by atoms with Gasteiger partial charge in [-0.2, -0.15) is 0 Å². The topological polar surface area (TPSA) is 42.4 Å². The van der Waals surface area contributed by atoms with Crippen LogP contribution in [0.1, 0.15) is 67.8 Å². The number of benzene rings is 1. The number of carbonyl (C=O) groups excluding carboxylic acids is 1. The molecule has 150 valence electrons. The number of carbonyl (C=O) groups is 1. The molecule has 1 heterocycles. The highest BCUT2D eigenvalue weighted by Gasteiger charge is 2.28. The fourth-order valence-corrected chi connectivity index (χ4v) is 4.27. The Kier molecular flexibility index (Phi) is 6.71. The van der Waals surface area contributed by atoms with Gasteiger partial charge in [-0.05, 0) is 54.4 Å². The van der Waals surface area contributed by atoms with Crippen LogP contribution in [0, 0.1) is 11.8 Å². The number of hydrogen-bond donors (Lipinski definition) is 0. The molecule has 3 unspecified atom stereocenters. The maximum atomic E-state index is 11.9. The molecule has 1 aromatic carbocycles. The van der Waals surface area contributed by atoms with Gasteiger partial charge in [0.05, 0.1) is 5.56 Å². The first-order valence-electron chi connectivity index (χ1n) is 10.4. The van der Waals surface area contributed by atoms with E-state index >= 15 is 0 Å². The van der Waals surface area contributed by atoms with E-state index in [2.05, 4.69) is 31.0 Å². The van der Waals surface area contributed by atoms with Crippen LogP contribution in [0.15, 0.2) is 42.6 Å². The fourth-order valence-electron chi connectivity index (χ4n) is 4.27. The predicted molar refractivity (Wildman–Crippen MR) is 113 cm³/mol. The quantitative estimate of drug-likeness (QED) is 0.627. The molecule has 1 aliphatic carbocycles. The van der Waals surface area contributed by atoms with Crippen molar-refractivity contribution < 1.29 is 9.53 Å². The second-order valence-electron chi connectivity index (χ2n) is 8.31. The van der Waals surface area contributed by atoms with E-state index in [1.165, 1.54) is 42.6 Å². The molecule has 3 atom stereocenters. The van der Waals surface area contributed by atoms with Crippen LogP contribution in [0.4, 0.5) is 0 Å². The van der Waals surface area contributed by atoms with Crippen molar-refractivity contribution in [1.82, 2.24) is 9.88 Å². The molecule has 1 aliphatic rings. The lowest BCUT2D eigenvalue weighted by atomic mass is 9.71. The summed E-state index contributed by atoms with van der Waals surface area (Å²) in [5, 5.41) is 0. The summed E-state index contributed by atoms with van der Waals surface area (Å²) in [4.78, 5) is 17.7. The Bertz CT molecular complexity index is 768. The van der Waals surface area contributed by atoms with E-state index in [0.717, 1.165) is 17.6 Å². The maximum absolute atomic E-state index is 11.9. The van der Waals surface area contributed by atoms with Crippen molar-refractivity contribution in [2.24, 2.45) is 11.8 Å². The molecule has 1 saturated carbocycles. The Morgan fingerprint density at radius 3 is 2.50 bits per heavy atom. The van der Waals surface area contributed by atoms with E-state index in [9.17, 15) is 4.79 Å². The number of pyridine rings is 1. The van der Waals surface area contributed by atoms with Crippen LogP contribution >= 0.6 is 0 Å². The summed E-state index contributed by atoms with van der Waals surface area (Å²) in [6.07, 6.45) is 8.20. The van der Waals surface area contributed by atoms with E-state index in [-0.39, 0.29) is 5.91 Å². The third kappa shape index (κ3) is 4.92. The zero-order valence-corrected chi connectivity index (χ0v) is 17.5. The van der Waals surface area contributed by atoms with Gasteiger partial charge in [0, 0.05) is 26.4 Å². The van der Waals surface area contributed by atoms with Crippen LogP contribution in [-0.2, 0) is 0 Å². The SMILES string of the molecule is CCCC1CCC(C)C(c2ccc(Oc3ccc(C(=O)N(C)C)cn3)cc2)C1. The molecule has 4 nitrogen and oxygen atoms in total. The van der Waals surface area contributed by atoms with Crippen LogP contribution in [0.3, 0.4) is 0 Å².